The first-order valence-corrected chi connectivity index (χ1v) is 11.7. The van der Waals surface area contributed by atoms with Crippen LogP contribution in [-0.2, 0) is 11.2 Å². The van der Waals surface area contributed by atoms with Gasteiger partial charge in [-0.1, -0.05) is 66.2 Å². The lowest BCUT2D eigenvalue weighted by Crippen LogP contribution is -2.13. The van der Waals surface area contributed by atoms with E-state index >= 15 is 0 Å². The van der Waals surface area contributed by atoms with Gasteiger partial charge in [0.25, 0.3) is 0 Å². The van der Waals surface area contributed by atoms with Crippen LogP contribution < -0.4 is 5.32 Å². The summed E-state index contributed by atoms with van der Waals surface area (Å²) in [5.74, 6) is 0.249. The van der Waals surface area contributed by atoms with Crippen LogP contribution in [0.3, 0.4) is 0 Å². The number of hydrogen-bond acceptors (Lipinski definition) is 4. The van der Waals surface area contributed by atoms with Gasteiger partial charge in [-0.05, 0) is 41.8 Å². The summed E-state index contributed by atoms with van der Waals surface area (Å²) >= 11 is 8.79. The number of nitrogens with zero attached hydrogens (tertiary/aromatic N) is 1. The van der Waals surface area contributed by atoms with E-state index in [4.69, 9.17) is 11.6 Å². The van der Waals surface area contributed by atoms with Crippen LogP contribution in [0.25, 0.3) is 11.3 Å². The molecule has 4 aromatic rings. The minimum atomic E-state index is -0.0749. The van der Waals surface area contributed by atoms with E-state index in [0.29, 0.717) is 15.9 Å². The number of carbonyl (C=O) groups is 1. The maximum atomic E-state index is 12.2. The third-order valence-electron chi connectivity index (χ3n) is 4.43. The Kier molecular flexibility index (Phi) is 6.84. The van der Waals surface area contributed by atoms with Gasteiger partial charge in [0.1, 0.15) is 0 Å². The monoisotopic (exact) mass is 450 g/mol. The van der Waals surface area contributed by atoms with Gasteiger partial charge in [0, 0.05) is 20.9 Å². The van der Waals surface area contributed by atoms with Gasteiger partial charge in [0.2, 0.25) is 5.91 Å². The van der Waals surface area contributed by atoms with Gasteiger partial charge in [-0.15, -0.1) is 23.1 Å². The van der Waals surface area contributed by atoms with E-state index in [1.807, 2.05) is 35.7 Å². The topological polar surface area (TPSA) is 42.0 Å². The largest absolute Gasteiger partial charge is 0.301 e. The van der Waals surface area contributed by atoms with E-state index in [1.54, 1.807) is 0 Å². The van der Waals surface area contributed by atoms with Crippen LogP contribution >= 0.6 is 34.7 Å². The molecule has 0 atom stereocenters. The number of nitrogens with one attached hydrogen (secondary N) is 1. The summed E-state index contributed by atoms with van der Waals surface area (Å²) < 4.78 is 0. The standard InChI is InChI=1S/C24H19ClN2OS2/c25-20-10-12-21(13-11-20)29-16-23(28)27-24-26-22(15-30-24)19-8-6-18(7-9-19)14-17-4-2-1-3-5-17/h1-13,15H,14,16H2,(H,26,27,28). The molecule has 0 saturated heterocycles. The zero-order valence-electron chi connectivity index (χ0n) is 16.0. The first-order valence-electron chi connectivity index (χ1n) is 9.43. The quantitative estimate of drug-likeness (QED) is 0.315. The highest BCUT2D eigenvalue weighted by molar-refractivity contribution is 8.00. The Hall–Kier alpha value is -2.60. The maximum Gasteiger partial charge on any atom is 0.236 e. The summed E-state index contributed by atoms with van der Waals surface area (Å²) in [4.78, 5) is 17.8. The number of benzene rings is 3. The maximum absolute atomic E-state index is 12.2. The Morgan fingerprint density at radius 3 is 2.37 bits per heavy atom. The minimum Gasteiger partial charge on any atom is -0.301 e. The number of thioether (sulfide) groups is 1. The highest BCUT2D eigenvalue weighted by atomic mass is 35.5. The summed E-state index contributed by atoms with van der Waals surface area (Å²) in [6, 6.07) is 26.3. The third-order valence-corrected chi connectivity index (χ3v) is 6.46. The number of hydrogen-bond donors (Lipinski definition) is 1. The number of thiazole rings is 1. The van der Waals surface area contributed by atoms with Crippen LogP contribution in [0, 0.1) is 0 Å². The van der Waals surface area contributed by atoms with Crippen molar-refractivity contribution in [3.05, 3.63) is 100 Å². The molecule has 4 rings (SSSR count). The fourth-order valence-electron chi connectivity index (χ4n) is 2.92. The molecule has 1 N–H and O–H groups in total. The molecule has 0 radical (unpaired) electrons. The molecular formula is C24H19ClN2OS2. The van der Waals surface area contributed by atoms with E-state index < -0.39 is 0 Å². The van der Waals surface area contributed by atoms with Gasteiger partial charge >= 0.3 is 0 Å². The molecule has 1 heterocycles. The van der Waals surface area contributed by atoms with E-state index in [0.717, 1.165) is 22.6 Å². The highest BCUT2D eigenvalue weighted by Crippen LogP contribution is 2.26. The van der Waals surface area contributed by atoms with Gasteiger partial charge in [-0.3, -0.25) is 4.79 Å². The summed E-state index contributed by atoms with van der Waals surface area (Å²) in [6.07, 6.45) is 0.908. The number of halogens is 1. The van der Waals surface area contributed by atoms with Gasteiger partial charge in [0.15, 0.2) is 5.13 Å². The molecule has 0 aliphatic heterocycles. The summed E-state index contributed by atoms with van der Waals surface area (Å²) in [7, 11) is 0. The smallest absolute Gasteiger partial charge is 0.236 e. The highest BCUT2D eigenvalue weighted by Gasteiger charge is 2.09. The molecule has 3 aromatic carbocycles. The lowest BCUT2D eigenvalue weighted by atomic mass is 10.0. The fourth-order valence-corrected chi connectivity index (χ4v) is 4.48. The number of rotatable bonds is 7. The van der Waals surface area contributed by atoms with E-state index in [2.05, 4.69) is 58.8 Å². The second-order valence-corrected chi connectivity index (χ2v) is 9.03. The Labute approximate surface area is 189 Å². The zero-order chi connectivity index (χ0) is 20.8. The summed E-state index contributed by atoms with van der Waals surface area (Å²) in [6.45, 7) is 0. The van der Waals surface area contributed by atoms with Crippen molar-refractivity contribution >= 4 is 45.7 Å². The molecule has 3 nitrogen and oxygen atoms in total. The van der Waals surface area contributed by atoms with Crippen molar-refractivity contribution in [2.24, 2.45) is 0 Å². The Balaban J connectivity index is 1.33. The SMILES string of the molecule is O=C(CSc1ccc(Cl)cc1)Nc1nc(-c2ccc(Cc3ccccc3)cc2)cs1. The normalized spacial score (nSPS) is 10.7. The molecule has 0 aliphatic carbocycles. The molecule has 1 aromatic heterocycles. The van der Waals surface area contributed by atoms with Gasteiger partial charge in [-0.2, -0.15) is 0 Å². The third kappa shape index (κ3) is 5.72. The van der Waals surface area contributed by atoms with Crippen molar-refractivity contribution in [3.63, 3.8) is 0 Å². The summed E-state index contributed by atoms with van der Waals surface area (Å²) in [5.41, 5.74) is 4.46. The number of anilines is 1. The van der Waals surface area contributed by atoms with Crippen LogP contribution in [0.2, 0.25) is 5.02 Å². The first kappa shape index (κ1) is 20.7. The van der Waals surface area contributed by atoms with Crippen molar-refractivity contribution in [1.29, 1.82) is 0 Å². The lowest BCUT2D eigenvalue weighted by Gasteiger charge is -2.04. The van der Waals surface area contributed by atoms with Crippen LogP contribution in [0.4, 0.5) is 5.13 Å². The lowest BCUT2D eigenvalue weighted by molar-refractivity contribution is -0.113. The van der Waals surface area contributed by atoms with Crippen molar-refractivity contribution in [2.75, 3.05) is 11.1 Å². The molecule has 1 amide bonds. The number of aromatic nitrogens is 1. The van der Waals surface area contributed by atoms with E-state index in [-0.39, 0.29) is 5.91 Å². The molecule has 0 spiro atoms. The molecule has 0 aliphatic rings. The fraction of sp³-hybridized carbons (Fsp3) is 0.0833. The molecule has 30 heavy (non-hydrogen) atoms. The predicted molar refractivity (Wildman–Crippen MR) is 128 cm³/mol. The van der Waals surface area contributed by atoms with Gasteiger partial charge in [-0.25, -0.2) is 4.98 Å². The number of carbonyl (C=O) groups excluding carboxylic acids is 1. The van der Waals surface area contributed by atoms with Crippen LogP contribution in [-0.4, -0.2) is 16.6 Å². The second-order valence-electron chi connectivity index (χ2n) is 6.69. The van der Waals surface area contributed by atoms with Crippen molar-refractivity contribution in [1.82, 2.24) is 4.98 Å². The summed E-state index contributed by atoms with van der Waals surface area (Å²) in [5, 5.41) is 6.14. The average molecular weight is 451 g/mol. The van der Waals surface area contributed by atoms with E-state index in [1.165, 1.54) is 34.2 Å². The zero-order valence-corrected chi connectivity index (χ0v) is 18.4. The molecule has 0 unspecified atom stereocenters. The Morgan fingerprint density at radius 2 is 1.63 bits per heavy atom. The predicted octanol–water partition coefficient (Wildman–Crippen LogP) is 6.79. The first-order chi connectivity index (χ1) is 14.7. The van der Waals surface area contributed by atoms with Crippen LogP contribution in [0.1, 0.15) is 11.1 Å². The van der Waals surface area contributed by atoms with E-state index in [9.17, 15) is 4.79 Å². The average Bonchev–Trinajstić information content (AvgIpc) is 3.23. The Morgan fingerprint density at radius 1 is 0.933 bits per heavy atom. The van der Waals surface area contributed by atoms with Crippen molar-refractivity contribution in [2.45, 2.75) is 11.3 Å². The van der Waals surface area contributed by atoms with Crippen molar-refractivity contribution < 1.29 is 4.79 Å². The molecule has 6 heteroatoms. The number of amides is 1. The molecule has 0 saturated carbocycles. The van der Waals surface area contributed by atoms with Crippen LogP contribution in [0.15, 0.2) is 89.1 Å². The van der Waals surface area contributed by atoms with Crippen molar-refractivity contribution in [3.8, 4) is 11.3 Å². The minimum absolute atomic E-state index is 0.0749. The molecule has 0 fully saturated rings. The molecular weight excluding hydrogens is 432 g/mol. The van der Waals surface area contributed by atoms with Gasteiger partial charge < -0.3 is 5.32 Å². The van der Waals surface area contributed by atoms with Crippen LogP contribution in [0.5, 0.6) is 0 Å². The molecule has 0 bridgehead atoms. The Bertz CT molecular complexity index is 1110. The van der Waals surface area contributed by atoms with Gasteiger partial charge in [0.05, 0.1) is 11.4 Å². The molecule has 150 valence electrons. The second kappa shape index (κ2) is 9.94.